The van der Waals surface area contributed by atoms with Crippen LogP contribution in [0.1, 0.15) is 36.5 Å². The average molecular weight is 347 g/mol. The van der Waals surface area contributed by atoms with E-state index >= 15 is 0 Å². The maximum atomic E-state index is 13.0. The van der Waals surface area contributed by atoms with E-state index in [1.807, 2.05) is 23.1 Å². The minimum Gasteiger partial charge on any atom is -0.341 e. The van der Waals surface area contributed by atoms with Crippen LogP contribution in [0, 0.1) is 23.2 Å². The molecule has 1 aromatic carbocycles. The molecule has 0 aliphatic carbocycles. The van der Waals surface area contributed by atoms with Crippen LogP contribution in [-0.2, 0) is 6.54 Å². The molecule has 1 unspecified atom stereocenters. The van der Waals surface area contributed by atoms with Gasteiger partial charge in [-0.2, -0.15) is 5.26 Å². The Morgan fingerprint density at radius 1 is 1.35 bits per heavy atom. The van der Waals surface area contributed by atoms with Gasteiger partial charge in [0.15, 0.2) is 0 Å². The van der Waals surface area contributed by atoms with E-state index < -0.39 is 0 Å². The number of benzene rings is 1. The highest BCUT2D eigenvalue weighted by atomic mass is 16.1. The van der Waals surface area contributed by atoms with Crippen LogP contribution in [-0.4, -0.2) is 28.7 Å². The fourth-order valence-corrected chi connectivity index (χ4v) is 3.23. The topological polar surface area (TPSA) is 87.9 Å². The van der Waals surface area contributed by atoms with Gasteiger partial charge in [-0.1, -0.05) is 24.1 Å². The lowest BCUT2D eigenvalue weighted by Crippen LogP contribution is -2.45. The molecular formula is C20H21N5O. The van der Waals surface area contributed by atoms with Crippen molar-refractivity contribution in [1.82, 2.24) is 9.55 Å². The lowest BCUT2D eigenvalue weighted by Gasteiger charge is -2.33. The van der Waals surface area contributed by atoms with Crippen molar-refractivity contribution in [3.8, 4) is 17.9 Å². The van der Waals surface area contributed by atoms with E-state index in [-0.39, 0.29) is 18.1 Å². The molecule has 26 heavy (non-hydrogen) atoms. The number of hydrogen-bond donors (Lipinski definition) is 1. The fourth-order valence-electron chi connectivity index (χ4n) is 3.23. The molecule has 0 spiro atoms. The molecule has 0 saturated carbocycles. The molecule has 0 amide bonds. The van der Waals surface area contributed by atoms with Gasteiger partial charge in [-0.3, -0.25) is 9.36 Å². The standard InChI is InChI=1S/C20H21N5O/c1-2-6-16-12-23-20(24-10-5-9-18(22)14-24)25(19(16)26)13-17-8-4-3-7-15(17)11-21/h3-4,7-8,12,18H,5,9-10,13-14,22H2,1H3. The number of aromatic nitrogens is 2. The molecular weight excluding hydrogens is 326 g/mol. The molecule has 3 rings (SSSR count). The maximum Gasteiger partial charge on any atom is 0.270 e. The summed E-state index contributed by atoms with van der Waals surface area (Å²) in [6.07, 6.45) is 3.46. The van der Waals surface area contributed by atoms with Gasteiger partial charge in [-0.25, -0.2) is 4.98 Å². The van der Waals surface area contributed by atoms with Crippen LogP contribution in [0.3, 0.4) is 0 Å². The van der Waals surface area contributed by atoms with Gasteiger partial charge in [0.05, 0.1) is 24.4 Å². The highest BCUT2D eigenvalue weighted by molar-refractivity contribution is 5.42. The zero-order valence-corrected chi connectivity index (χ0v) is 14.8. The Hall–Kier alpha value is -3.09. The van der Waals surface area contributed by atoms with Crippen LogP contribution >= 0.6 is 0 Å². The number of rotatable bonds is 3. The molecule has 1 fully saturated rings. The van der Waals surface area contributed by atoms with Gasteiger partial charge < -0.3 is 10.6 Å². The first kappa shape index (κ1) is 17.7. The van der Waals surface area contributed by atoms with Crippen molar-refractivity contribution in [2.45, 2.75) is 32.4 Å². The number of hydrogen-bond acceptors (Lipinski definition) is 5. The van der Waals surface area contributed by atoms with Gasteiger partial charge in [0.25, 0.3) is 5.56 Å². The third kappa shape index (κ3) is 3.61. The highest BCUT2D eigenvalue weighted by Gasteiger charge is 2.22. The molecule has 2 aromatic rings. The molecule has 0 radical (unpaired) electrons. The summed E-state index contributed by atoms with van der Waals surface area (Å²) in [6, 6.07) is 9.53. The van der Waals surface area contributed by atoms with Crippen molar-refractivity contribution >= 4 is 5.95 Å². The van der Waals surface area contributed by atoms with Crippen molar-refractivity contribution in [2.24, 2.45) is 5.73 Å². The van der Waals surface area contributed by atoms with Gasteiger partial charge in [0.2, 0.25) is 5.95 Å². The monoisotopic (exact) mass is 347 g/mol. The molecule has 1 aromatic heterocycles. The van der Waals surface area contributed by atoms with Crippen LogP contribution in [0.25, 0.3) is 0 Å². The molecule has 2 N–H and O–H groups in total. The summed E-state index contributed by atoms with van der Waals surface area (Å²) in [4.78, 5) is 19.6. The SMILES string of the molecule is CC#Cc1cnc(N2CCCC(N)C2)n(Cc2ccccc2C#N)c1=O. The quantitative estimate of drug-likeness (QED) is 0.849. The van der Waals surface area contributed by atoms with Gasteiger partial charge in [-0.15, -0.1) is 5.92 Å². The summed E-state index contributed by atoms with van der Waals surface area (Å²) in [7, 11) is 0. The van der Waals surface area contributed by atoms with Gasteiger partial charge in [0.1, 0.15) is 5.56 Å². The molecule has 1 atom stereocenters. The summed E-state index contributed by atoms with van der Waals surface area (Å²) in [5, 5.41) is 9.36. The van der Waals surface area contributed by atoms with Gasteiger partial charge in [-0.05, 0) is 31.4 Å². The molecule has 2 heterocycles. The predicted molar refractivity (Wildman–Crippen MR) is 101 cm³/mol. The van der Waals surface area contributed by atoms with Crippen LogP contribution in [0.2, 0.25) is 0 Å². The van der Waals surface area contributed by atoms with Gasteiger partial charge in [0, 0.05) is 19.1 Å². The summed E-state index contributed by atoms with van der Waals surface area (Å²) in [5.74, 6) is 6.15. The first-order valence-electron chi connectivity index (χ1n) is 8.65. The minimum atomic E-state index is -0.198. The Morgan fingerprint density at radius 3 is 2.88 bits per heavy atom. The summed E-state index contributed by atoms with van der Waals surface area (Å²) in [5.41, 5.74) is 7.59. The molecule has 1 aliphatic rings. The largest absolute Gasteiger partial charge is 0.341 e. The van der Waals surface area contributed by atoms with E-state index in [2.05, 4.69) is 22.9 Å². The second-order valence-corrected chi connectivity index (χ2v) is 6.36. The number of nitriles is 1. The minimum absolute atomic E-state index is 0.0654. The number of nitrogens with zero attached hydrogens (tertiary/aromatic N) is 4. The Balaban J connectivity index is 2.10. The van der Waals surface area contributed by atoms with E-state index in [1.165, 1.54) is 6.20 Å². The van der Waals surface area contributed by atoms with Crippen LogP contribution in [0.5, 0.6) is 0 Å². The number of piperidine rings is 1. The van der Waals surface area contributed by atoms with Crippen LogP contribution < -0.4 is 16.2 Å². The summed E-state index contributed by atoms with van der Waals surface area (Å²) in [6.45, 7) is 3.42. The van der Waals surface area contributed by atoms with E-state index in [0.717, 1.165) is 24.9 Å². The van der Waals surface area contributed by atoms with Gasteiger partial charge >= 0.3 is 0 Å². The Kier molecular flexibility index (Phi) is 5.36. The number of anilines is 1. The zero-order valence-electron chi connectivity index (χ0n) is 14.8. The van der Waals surface area contributed by atoms with Crippen LogP contribution in [0.15, 0.2) is 35.3 Å². The third-order valence-corrected chi connectivity index (χ3v) is 4.49. The lowest BCUT2D eigenvalue weighted by atomic mass is 10.1. The van der Waals surface area contributed by atoms with Crippen molar-refractivity contribution in [3.63, 3.8) is 0 Å². The smallest absolute Gasteiger partial charge is 0.270 e. The van der Waals surface area contributed by atoms with E-state index in [0.29, 0.717) is 23.6 Å². The second kappa shape index (κ2) is 7.86. The Bertz CT molecular complexity index is 961. The third-order valence-electron chi connectivity index (χ3n) is 4.49. The fraction of sp³-hybridized carbons (Fsp3) is 0.350. The van der Waals surface area contributed by atoms with Crippen molar-refractivity contribution in [2.75, 3.05) is 18.0 Å². The van der Waals surface area contributed by atoms with E-state index in [4.69, 9.17) is 5.73 Å². The van der Waals surface area contributed by atoms with E-state index in [1.54, 1.807) is 17.6 Å². The Labute approximate surface area is 152 Å². The first-order valence-corrected chi connectivity index (χ1v) is 8.65. The van der Waals surface area contributed by atoms with Crippen LogP contribution in [0.4, 0.5) is 5.95 Å². The highest BCUT2D eigenvalue weighted by Crippen LogP contribution is 2.18. The van der Waals surface area contributed by atoms with Crippen molar-refractivity contribution in [1.29, 1.82) is 5.26 Å². The predicted octanol–water partition coefficient (Wildman–Crippen LogP) is 1.46. The first-order chi connectivity index (χ1) is 12.6. The molecule has 1 saturated heterocycles. The molecule has 6 heteroatoms. The molecule has 1 aliphatic heterocycles. The maximum absolute atomic E-state index is 13.0. The lowest BCUT2D eigenvalue weighted by molar-refractivity contribution is 0.490. The Morgan fingerprint density at radius 2 is 2.15 bits per heavy atom. The average Bonchev–Trinajstić information content (AvgIpc) is 2.65. The second-order valence-electron chi connectivity index (χ2n) is 6.36. The van der Waals surface area contributed by atoms with Crippen molar-refractivity contribution in [3.05, 3.63) is 57.5 Å². The van der Waals surface area contributed by atoms with Crippen molar-refractivity contribution < 1.29 is 0 Å². The summed E-state index contributed by atoms with van der Waals surface area (Å²) < 4.78 is 1.61. The normalized spacial score (nSPS) is 16.5. The molecule has 6 nitrogen and oxygen atoms in total. The molecule has 0 bridgehead atoms. The van der Waals surface area contributed by atoms with E-state index in [9.17, 15) is 10.1 Å². The zero-order chi connectivity index (χ0) is 18.5. The summed E-state index contributed by atoms with van der Waals surface area (Å²) >= 11 is 0. The molecule has 132 valence electrons. The number of nitrogens with two attached hydrogens (primary N) is 1.